The normalized spacial score (nSPS) is 12.8. The van der Waals surface area contributed by atoms with Gasteiger partial charge in [0.15, 0.2) is 5.96 Å². The molecule has 0 saturated carbocycles. The zero-order chi connectivity index (χ0) is 20.8. The summed E-state index contributed by atoms with van der Waals surface area (Å²) in [7, 11) is 1.72. The predicted octanol–water partition coefficient (Wildman–Crippen LogP) is 2.94. The number of nitrogens with zero attached hydrogens (tertiary/aromatic N) is 4. The summed E-state index contributed by atoms with van der Waals surface area (Å²) in [6, 6.07) is 18.5. The summed E-state index contributed by atoms with van der Waals surface area (Å²) >= 11 is 1.62. The highest BCUT2D eigenvalue weighted by Gasteiger charge is 2.12. The van der Waals surface area contributed by atoms with Crippen molar-refractivity contribution < 1.29 is 5.11 Å². The molecule has 7 nitrogen and oxygen atoms in total. The quantitative estimate of drug-likeness (QED) is 0.316. The Bertz CT molecular complexity index is 1090. The summed E-state index contributed by atoms with van der Waals surface area (Å²) in [5, 5.41) is 22.4. The van der Waals surface area contributed by atoms with Crippen LogP contribution in [-0.2, 0) is 13.1 Å². The first-order valence-electron chi connectivity index (χ1n) is 9.72. The fraction of sp³-hybridized carbons (Fsp3) is 0.227. The molecule has 2 aromatic heterocycles. The summed E-state index contributed by atoms with van der Waals surface area (Å²) in [4.78, 5) is 9.18. The average Bonchev–Trinajstić information content (AvgIpc) is 3.43. The van der Waals surface area contributed by atoms with Gasteiger partial charge in [-0.3, -0.25) is 4.99 Å². The molecule has 8 heteroatoms. The van der Waals surface area contributed by atoms with Gasteiger partial charge in [-0.05, 0) is 28.6 Å². The second kappa shape index (κ2) is 9.51. The Kier molecular flexibility index (Phi) is 6.36. The second-order valence-corrected chi connectivity index (χ2v) is 8.04. The standard InChI is InChI=1S/C22H24N6OS/c1-23-22(26-12-19(29)21-10-18-7-2-3-8-20(18)30-21)25-11-16-5-4-6-17(9-16)13-28-15-24-14-27-28/h2-10,14-15,19,29H,11-13H2,1H3,(H2,23,25,26). The van der Waals surface area contributed by atoms with Crippen LogP contribution in [0.3, 0.4) is 0 Å². The largest absolute Gasteiger partial charge is 0.386 e. The van der Waals surface area contributed by atoms with E-state index in [1.807, 2.05) is 24.3 Å². The van der Waals surface area contributed by atoms with Crippen LogP contribution in [0.15, 0.2) is 72.2 Å². The molecule has 0 spiro atoms. The van der Waals surface area contributed by atoms with E-state index in [-0.39, 0.29) is 0 Å². The number of nitrogens with one attached hydrogen (secondary N) is 2. The Hall–Kier alpha value is -3.23. The lowest BCUT2D eigenvalue weighted by Crippen LogP contribution is -2.38. The monoisotopic (exact) mass is 420 g/mol. The molecule has 0 aliphatic rings. The topological polar surface area (TPSA) is 87.4 Å². The van der Waals surface area contributed by atoms with Crippen LogP contribution in [0.1, 0.15) is 22.1 Å². The zero-order valence-corrected chi connectivity index (χ0v) is 17.5. The van der Waals surface area contributed by atoms with Gasteiger partial charge in [-0.25, -0.2) is 9.67 Å². The minimum absolute atomic E-state index is 0.388. The molecular weight excluding hydrogens is 396 g/mol. The van der Waals surface area contributed by atoms with E-state index in [1.165, 1.54) is 11.0 Å². The maximum absolute atomic E-state index is 10.6. The molecule has 2 heterocycles. The van der Waals surface area contributed by atoms with Crippen molar-refractivity contribution in [2.24, 2.45) is 4.99 Å². The number of rotatable bonds is 7. The number of aliphatic hydroxyl groups is 1. The predicted molar refractivity (Wildman–Crippen MR) is 121 cm³/mol. The van der Waals surface area contributed by atoms with Gasteiger partial charge in [0.1, 0.15) is 18.8 Å². The van der Waals surface area contributed by atoms with Crippen molar-refractivity contribution in [2.45, 2.75) is 19.2 Å². The molecule has 0 aliphatic carbocycles. The fourth-order valence-electron chi connectivity index (χ4n) is 3.21. The van der Waals surface area contributed by atoms with Gasteiger partial charge >= 0.3 is 0 Å². The second-order valence-electron chi connectivity index (χ2n) is 6.92. The number of guanidine groups is 1. The van der Waals surface area contributed by atoms with Gasteiger partial charge in [-0.1, -0.05) is 42.5 Å². The molecule has 0 radical (unpaired) electrons. The molecule has 0 fully saturated rings. The van der Waals surface area contributed by atoms with Gasteiger partial charge in [-0.2, -0.15) is 5.10 Å². The third kappa shape index (κ3) is 5.03. The summed E-state index contributed by atoms with van der Waals surface area (Å²) in [6.07, 6.45) is 2.65. The van der Waals surface area contributed by atoms with E-state index < -0.39 is 6.10 Å². The van der Waals surface area contributed by atoms with Crippen LogP contribution in [0.25, 0.3) is 10.1 Å². The van der Waals surface area contributed by atoms with E-state index in [0.29, 0.717) is 25.6 Å². The molecule has 1 unspecified atom stereocenters. The first-order chi connectivity index (χ1) is 14.7. The SMILES string of the molecule is CN=C(NCc1cccc(Cn2cncn2)c1)NCC(O)c1cc2ccccc2s1. The van der Waals surface area contributed by atoms with Gasteiger partial charge in [0.2, 0.25) is 0 Å². The lowest BCUT2D eigenvalue weighted by Gasteiger charge is -2.15. The number of hydrogen-bond donors (Lipinski definition) is 3. The molecule has 30 heavy (non-hydrogen) atoms. The highest BCUT2D eigenvalue weighted by Crippen LogP contribution is 2.29. The van der Waals surface area contributed by atoms with Crippen LogP contribution in [-0.4, -0.2) is 39.4 Å². The molecule has 154 valence electrons. The molecule has 3 N–H and O–H groups in total. The highest BCUT2D eigenvalue weighted by molar-refractivity contribution is 7.19. The van der Waals surface area contributed by atoms with Crippen molar-refractivity contribution in [2.75, 3.05) is 13.6 Å². The molecule has 1 atom stereocenters. The number of benzene rings is 2. The molecule has 4 aromatic rings. The van der Waals surface area contributed by atoms with Crippen LogP contribution in [0.2, 0.25) is 0 Å². The van der Waals surface area contributed by atoms with Crippen LogP contribution in [0.5, 0.6) is 0 Å². The molecule has 2 aromatic carbocycles. The Morgan fingerprint density at radius 1 is 1.13 bits per heavy atom. The van der Waals surface area contributed by atoms with Crippen LogP contribution in [0.4, 0.5) is 0 Å². The maximum atomic E-state index is 10.6. The summed E-state index contributed by atoms with van der Waals surface area (Å²) in [5.41, 5.74) is 2.29. The van der Waals surface area contributed by atoms with Crippen molar-refractivity contribution >= 4 is 27.4 Å². The van der Waals surface area contributed by atoms with Crippen molar-refractivity contribution in [1.29, 1.82) is 0 Å². The smallest absolute Gasteiger partial charge is 0.191 e. The molecule has 0 saturated heterocycles. The Labute approximate surface area is 179 Å². The average molecular weight is 421 g/mol. The van der Waals surface area contributed by atoms with Crippen molar-refractivity contribution in [1.82, 2.24) is 25.4 Å². The third-order valence-electron chi connectivity index (χ3n) is 4.72. The van der Waals surface area contributed by atoms with E-state index in [9.17, 15) is 5.11 Å². The lowest BCUT2D eigenvalue weighted by molar-refractivity contribution is 0.184. The Morgan fingerprint density at radius 2 is 2.00 bits per heavy atom. The van der Waals surface area contributed by atoms with Gasteiger partial charge in [0.25, 0.3) is 0 Å². The zero-order valence-electron chi connectivity index (χ0n) is 16.7. The minimum Gasteiger partial charge on any atom is -0.386 e. The fourth-order valence-corrected chi connectivity index (χ4v) is 4.26. The molecular formula is C22H24N6OS. The third-order valence-corrected chi connectivity index (χ3v) is 5.94. The van der Waals surface area contributed by atoms with Gasteiger partial charge in [-0.15, -0.1) is 11.3 Å². The minimum atomic E-state index is -0.591. The Balaban J connectivity index is 1.30. The van der Waals surface area contributed by atoms with E-state index in [2.05, 4.69) is 56.0 Å². The summed E-state index contributed by atoms with van der Waals surface area (Å²) < 4.78 is 2.97. The number of aromatic nitrogens is 3. The first-order valence-corrected chi connectivity index (χ1v) is 10.5. The van der Waals surface area contributed by atoms with E-state index in [4.69, 9.17) is 0 Å². The molecule has 0 bridgehead atoms. The van der Waals surface area contributed by atoms with E-state index >= 15 is 0 Å². The number of thiophene rings is 1. The summed E-state index contributed by atoms with van der Waals surface area (Å²) in [5.74, 6) is 0.650. The number of aliphatic hydroxyl groups excluding tert-OH is 1. The molecule has 0 aliphatic heterocycles. The number of hydrogen-bond acceptors (Lipinski definition) is 5. The van der Waals surface area contributed by atoms with Crippen LogP contribution >= 0.6 is 11.3 Å². The van der Waals surface area contributed by atoms with Crippen molar-refractivity contribution in [3.05, 3.63) is 83.3 Å². The van der Waals surface area contributed by atoms with Crippen LogP contribution < -0.4 is 10.6 Å². The molecule has 0 amide bonds. The van der Waals surface area contributed by atoms with Crippen LogP contribution in [0, 0.1) is 0 Å². The molecule has 4 rings (SSSR count). The van der Waals surface area contributed by atoms with Gasteiger partial charge in [0.05, 0.1) is 6.54 Å². The van der Waals surface area contributed by atoms with E-state index in [1.54, 1.807) is 29.4 Å². The first kappa shape index (κ1) is 20.1. The van der Waals surface area contributed by atoms with Gasteiger partial charge in [0, 0.05) is 29.7 Å². The summed E-state index contributed by atoms with van der Waals surface area (Å²) in [6.45, 7) is 1.70. The van der Waals surface area contributed by atoms with Gasteiger partial charge < -0.3 is 15.7 Å². The number of aliphatic imine (C=N–C) groups is 1. The maximum Gasteiger partial charge on any atom is 0.191 e. The Morgan fingerprint density at radius 3 is 2.80 bits per heavy atom. The van der Waals surface area contributed by atoms with Crippen molar-refractivity contribution in [3.8, 4) is 0 Å². The van der Waals surface area contributed by atoms with E-state index in [0.717, 1.165) is 21.4 Å². The number of fused-ring (bicyclic) bond motifs is 1. The highest BCUT2D eigenvalue weighted by atomic mass is 32.1. The van der Waals surface area contributed by atoms with Crippen molar-refractivity contribution in [3.63, 3.8) is 0 Å². The lowest BCUT2D eigenvalue weighted by atomic mass is 10.1.